The molecule has 4 nitrogen and oxygen atoms in total. The number of benzene rings is 2. The number of fused-ring (bicyclic) bond motifs is 1. The number of hydrogen-bond donors (Lipinski definition) is 1. The number of anilines is 1. The van der Waals surface area contributed by atoms with E-state index in [1.807, 2.05) is 12.1 Å². The Bertz CT molecular complexity index is 1400. The highest BCUT2D eigenvalue weighted by molar-refractivity contribution is 5.93. The van der Waals surface area contributed by atoms with E-state index in [9.17, 15) is 4.39 Å². The molecule has 156 valence electrons. The molecule has 5 heteroatoms. The topological polar surface area (TPSA) is 50.7 Å². The van der Waals surface area contributed by atoms with E-state index in [2.05, 4.69) is 75.7 Å². The van der Waals surface area contributed by atoms with Gasteiger partial charge in [0.15, 0.2) is 0 Å². The number of aryl methyl sites for hydroxylation is 1. The largest absolute Gasteiger partial charge is 0.365 e. The van der Waals surface area contributed by atoms with Gasteiger partial charge in [0.2, 0.25) is 5.95 Å². The van der Waals surface area contributed by atoms with E-state index in [0.717, 1.165) is 22.2 Å². The van der Waals surface area contributed by atoms with Gasteiger partial charge in [-0.25, -0.2) is 9.97 Å². The number of pyridine rings is 3. The summed E-state index contributed by atoms with van der Waals surface area (Å²) in [7, 11) is 0. The van der Waals surface area contributed by atoms with Crippen molar-refractivity contribution in [2.75, 3.05) is 5.32 Å². The predicted molar refractivity (Wildman–Crippen MR) is 127 cm³/mol. The van der Waals surface area contributed by atoms with Gasteiger partial charge in [0.05, 0.1) is 5.69 Å². The van der Waals surface area contributed by atoms with E-state index < -0.39 is 5.95 Å². The van der Waals surface area contributed by atoms with E-state index in [-0.39, 0.29) is 0 Å². The summed E-state index contributed by atoms with van der Waals surface area (Å²) in [4.78, 5) is 12.6. The van der Waals surface area contributed by atoms with Crippen LogP contribution in [0.4, 0.5) is 10.2 Å². The summed E-state index contributed by atoms with van der Waals surface area (Å²) in [5, 5.41) is 5.32. The summed E-state index contributed by atoms with van der Waals surface area (Å²) < 4.78 is 13.5. The van der Waals surface area contributed by atoms with Crippen LogP contribution in [0.15, 0.2) is 91.4 Å². The van der Waals surface area contributed by atoms with Gasteiger partial charge >= 0.3 is 0 Å². The molecule has 0 fully saturated rings. The zero-order valence-electron chi connectivity index (χ0n) is 17.6. The summed E-state index contributed by atoms with van der Waals surface area (Å²) in [6.07, 6.45) is 4.99. The van der Waals surface area contributed by atoms with Gasteiger partial charge in [0.25, 0.3) is 0 Å². The Morgan fingerprint density at radius 3 is 2.44 bits per heavy atom. The highest BCUT2D eigenvalue weighted by Crippen LogP contribution is 2.26. The van der Waals surface area contributed by atoms with E-state index in [1.165, 1.54) is 29.0 Å². The lowest BCUT2D eigenvalue weighted by Crippen LogP contribution is -2.02. The molecular weight excluding hydrogens is 399 g/mol. The van der Waals surface area contributed by atoms with Crippen LogP contribution in [-0.2, 0) is 6.54 Å². The average molecular weight is 420 g/mol. The zero-order chi connectivity index (χ0) is 21.9. The van der Waals surface area contributed by atoms with Crippen LogP contribution in [0.5, 0.6) is 0 Å². The minimum absolute atomic E-state index is 0.519. The molecule has 3 aromatic heterocycles. The molecule has 0 radical (unpaired) electrons. The summed E-state index contributed by atoms with van der Waals surface area (Å²) in [5.41, 5.74) is 6.22. The lowest BCUT2D eigenvalue weighted by molar-refractivity contribution is 0.584. The molecule has 0 aliphatic rings. The highest BCUT2D eigenvalue weighted by Gasteiger charge is 2.07. The Morgan fingerprint density at radius 2 is 1.62 bits per heavy atom. The van der Waals surface area contributed by atoms with Crippen molar-refractivity contribution in [2.24, 2.45) is 0 Å². The van der Waals surface area contributed by atoms with Gasteiger partial charge in [-0.15, -0.1) is 0 Å². The van der Waals surface area contributed by atoms with Gasteiger partial charge < -0.3 is 5.32 Å². The molecule has 5 aromatic rings. The zero-order valence-corrected chi connectivity index (χ0v) is 17.6. The Morgan fingerprint density at radius 1 is 0.781 bits per heavy atom. The molecule has 0 saturated carbocycles. The van der Waals surface area contributed by atoms with Crippen molar-refractivity contribution in [1.82, 2.24) is 15.0 Å². The molecule has 5 rings (SSSR count). The first kappa shape index (κ1) is 19.8. The molecule has 0 spiro atoms. The average Bonchev–Trinajstić information content (AvgIpc) is 2.82. The molecule has 0 bridgehead atoms. The number of halogens is 1. The van der Waals surface area contributed by atoms with E-state index >= 15 is 0 Å². The molecule has 0 unspecified atom stereocenters. The van der Waals surface area contributed by atoms with Gasteiger partial charge in [-0.2, -0.15) is 4.39 Å². The third-order valence-corrected chi connectivity index (χ3v) is 5.44. The molecular formula is C27H21FN4. The smallest absolute Gasteiger partial charge is 0.213 e. The van der Waals surface area contributed by atoms with Gasteiger partial charge in [-0.1, -0.05) is 54.1 Å². The first-order valence-electron chi connectivity index (χ1n) is 10.4. The maximum Gasteiger partial charge on any atom is 0.213 e. The van der Waals surface area contributed by atoms with Crippen molar-refractivity contribution in [3.05, 3.63) is 108 Å². The number of hydrogen-bond acceptors (Lipinski definition) is 4. The maximum atomic E-state index is 13.5. The number of rotatable bonds is 5. The predicted octanol–water partition coefficient (Wildman–Crippen LogP) is 6.42. The van der Waals surface area contributed by atoms with Crippen LogP contribution in [0.25, 0.3) is 33.2 Å². The highest BCUT2D eigenvalue weighted by atomic mass is 19.1. The molecule has 2 aromatic carbocycles. The van der Waals surface area contributed by atoms with Gasteiger partial charge in [0, 0.05) is 42.2 Å². The minimum atomic E-state index is -0.519. The number of aromatic nitrogens is 3. The maximum absolute atomic E-state index is 13.5. The first-order chi connectivity index (χ1) is 15.7. The van der Waals surface area contributed by atoms with Gasteiger partial charge in [-0.05, 0) is 47.2 Å². The van der Waals surface area contributed by atoms with Crippen molar-refractivity contribution >= 4 is 16.6 Å². The molecule has 0 aliphatic heterocycles. The Balaban J connectivity index is 1.35. The molecule has 0 amide bonds. The SMILES string of the molecule is Cc1cccc(-c2ccc(CNc3nccc4cc(-c5ccnc(F)c5)ncc34)cc2)c1. The van der Waals surface area contributed by atoms with Crippen LogP contribution in [-0.4, -0.2) is 15.0 Å². The van der Waals surface area contributed by atoms with Crippen molar-refractivity contribution in [3.8, 4) is 22.4 Å². The quantitative estimate of drug-likeness (QED) is 0.333. The molecule has 3 heterocycles. The van der Waals surface area contributed by atoms with Crippen LogP contribution in [0.1, 0.15) is 11.1 Å². The second-order valence-electron chi connectivity index (χ2n) is 7.74. The standard InChI is InChI=1S/C27H21FN4/c1-18-3-2-4-21(13-18)20-7-5-19(6-8-20)16-32-27-24-17-31-25(14-22(24)9-12-30-27)23-10-11-29-26(28)15-23/h2-15,17H,16H2,1H3,(H,30,32). The lowest BCUT2D eigenvalue weighted by Gasteiger charge is -2.10. The monoisotopic (exact) mass is 420 g/mol. The Kier molecular flexibility index (Phi) is 5.30. The molecule has 1 N–H and O–H groups in total. The minimum Gasteiger partial charge on any atom is -0.365 e. The number of nitrogens with one attached hydrogen (secondary N) is 1. The molecule has 0 saturated heterocycles. The van der Waals surface area contributed by atoms with E-state index in [0.29, 0.717) is 17.8 Å². The van der Waals surface area contributed by atoms with Crippen molar-refractivity contribution < 1.29 is 4.39 Å². The normalized spacial score (nSPS) is 10.9. The van der Waals surface area contributed by atoms with Crippen LogP contribution in [0.3, 0.4) is 0 Å². The summed E-state index contributed by atoms with van der Waals surface area (Å²) in [6, 6.07) is 24.0. The second kappa shape index (κ2) is 8.55. The van der Waals surface area contributed by atoms with Crippen LogP contribution in [0, 0.1) is 12.9 Å². The van der Waals surface area contributed by atoms with E-state index in [4.69, 9.17) is 0 Å². The third kappa shape index (κ3) is 4.18. The van der Waals surface area contributed by atoms with E-state index in [1.54, 1.807) is 18.5 Å². The Labute approximate surface area is 185 Å². The van der Waals surface area contributed by atoms with Crippen molar-refractivity contribution in [1.29, 1.82) is 0 Å². The molecule has 0 aliphatic carbocycles. The van der Waals surface area contributed by atoms with Gasteiger partial charge in [-0.3, -0.25) is 4.98 Å². The molecule has 32 heavy (non-hydrogen) atoms. The van der Waals surface area contributed by atoms with Crippen molar-refractivity contribution in [3.63, 3.8) is 0 Å². The fraction of sp³-hybridized carbons (Fsp3) is 0.0741. The second-order valence-corrected chi connectivity index (χ2v) is 7.74. The molecule has 0 atom stereocenters. The van der Waals surface area contributed by atoms with Gasteiger partial charge in [0.1, 0.15) is 5.82 Å². The summed E-state index contributed by atoms with van der Waals surface area (Å²) in [6.45, 7) is 2.75. The summed E-state index contributed by atoms with van der Waals surface area (Å²) in [5.74, 6) is 0.250. The van der Waals surface area contributed by atoms with Crippen molar-refractivity contribution in [2.45, 2.75) is 13.5 Å². The van der Waals surface area contributed by atoms with Crippen LogP contribution >= 0.6 is 0 Å². The Hall–Kier alpha value is -4.12. The number of nitrogens with zero attached hydrogens (tertiary/aromatic N) is 3. The fourth-order valence-electron chi connectivity index (χ4n) is 3.75. The first-order valence-corrected chi connectivity index (χ1v) is 10.4. The third-order valence-electron chi connectivity index (χ3n) is 5.44. The lowest BCUT2D eigenvalue weighted by atomic mass is 10.0. The fourth-order valence-corrected chi connectivity index (χ4v) is 3.75. The van der Waals surface area contributed by atoms with Crippen LogP contribution < -0.4 is 5.32 Å². The van der Waals surface area contributed by atoms with Crippen LogP contribution in [0.2, 0.25) is 0 Å². The summed E-state index contributed by atoms with van der Waals surface area (Å²) >= 11 is 0.